The van der Waals surface area contributed by atoms with Crippen molar-refractivity contribution in [3.05, 3.63) is 46.1 Å². The van der Waals surface area contributed by atoms with Gasteiger partial charge in [-0.05, 0) is 46.8 Å². The van der Waals surface area contributed by atoms with Gasteiger partial charge in [-0.25, -0.2) is 4.98 Å². The third-order valence-corrected chi connectivity index (χ3v) is 4.20. The zero-order valence-corrected chi connectivity index (χ0v) is 13.2. The van der Waals surface area contributed by atoms with Crippen LogP contribution in [0.3, 0.4) is 0 Å². The Morgan fingerprint density at radius 2 is 2.25 bits per heavy atom. The van der Waals surface area contributed by atoms with Crippen LogP contribution in [0.1, 0.15) is 31.4 Å². The average molecular weight is 336 g/mol. The Morgan fingerprint density at radius 3 is 2.95 bits per heavy atom. The fourth-order valence-corrected chi connectivity index (χ4v) is 2.82. The highest BCUT2D eigenvalue weighted by atomic mass is 79.9. The molecule has 0 unspecified atom stereocenters. The van der Waals surface area contributed by atoms with E-state index in [2.05, 4.69) is 27.5 Å². The third kappa shape index (κ3) is 3.37. The fraction of sp³-hybridized carbons (Fsp3) is 0.375. The molecular formula is C16H18BrNO2. The highest BCUT2D eigenvalue weighted by Crippen LogP contribution is 2.29. The second kappa shape index (κ2) is 6.84. The minimum atomic E-state index is 0.255. The number of rotatable bonds is 5. The molecule has 0 radical (unpaired) electrons. The molecule has 1 heterocycles. The summed E-state index contributed by atoms with van der Waals surface area (Å²) in [6.07, 6.45) is 5.67. The van der Waals surface area contributed by atoms with E-state index in [0.29, 0.717) is 25.1 Å². The molecule has 106 valence electrons. The molecule has 1 aromatic rings. The molecule has 0 saturated carbocycles. The Labute approximate surface area is 127 Å². The van der Waals surface area contributed by atoms with E-state index in [4.69, 9.17) is 4.74 Å². The SMILES string of the molecule is C=CCC1=C(Cc2nc(OC)ccc2Br)CCCC1=O. The number of ketones is 1. The summed E-state index contributed by atoms with van der Waals surface area (Å²) >= 11 is 3.51. The zero-order valence-electron chi connectivity index (χ0n) is 11.6. The molecule has 0 N–H and O–H groups in total. The maximum atomic E-state index is 12.0. The van der Waals surface area contributed by atoms with Crippen LogP contribution >= 0.6 is 15.9 Å². The lowest BCUT2D eigenvalue weighted by Gasteiger charge is -2.19. The number of carbonyl (C=O) groups is 1. The van der Waals surface area contributed by atoms with Crippen molar-refractivity contribution >= 4 is 21.7 Å². The predicted octanol–water partition coefficient (Wildman–Crippen LogP) is 4.02. The summed E-state index contributed by atoms with van der Waals surface area (Å²) in [5, 5.41) is 0. The highest BCUT2D eigenvalue weighted by molar-refractivity contribution is 9.10. The van der Waals surface area contributed by atoms with Crippen molar-refractivity contribution in [3.63, 3.8) is 0 Å². The number of pyridine rings is 1. The van der Waals surface area contributed by atoms with Crippen LogP contribution in [0.4, 0.5) is 0 Å². The van der Waals surface area contributed by atoms with Gasteiger partial charge >= 0.3 is 0 Å². The summed E-state index contributed by atoms with van der Waals surface area (Å²) in [6.45, 7) is 3.74. The lowest BCUT2D eigenvalue weighted by Crippen LogP contribution is -2.13. The first-order chi connectivity index (χ1) is 9.65. The summed E-state index contributed by atoms with van der Waals surface area (Å²) in [5.74, 6) is 0.848. The molecule has 20 heavy (non-hydrogen) atoms. The van der Waals surface area contributed by atoms with Crippen molar-refractivity contribution < 1.29 is 9.53 Å². The number of hydrogen-bond donors (Lipinski definition) is 0. The van der Waals surface area contributed by atoms with Crippen LogP contribution in [0.5, 0.6) is 5.88 Å². The number of Topliss-reactive ketones (excluding diaryl/α,β-unsaturated/α-hetero) is 1. The van der Waals surface area contributed by atoms with Gasteiger partial charge in [0.15, 0.2) is 5.78 Å². The quantitative estimate of drug-likeness (QED) is 0.763. The van der Waals surface area contributed by atoms with Crippen molar-refractivity contribution in [1.82, 2.24) is 4.98 Å². The monoisotopic (exact) mass is 335 g/mol. The second-order valence-corrected chi connectivity index (χ2v) is 5.66. The topological polar surface area (TPSA) is 39.2 Å². The van der Waals surface area contributed by atoms with E-state index in [1.165, 1.54) is 5.57 Å². The van der Waals surface area contributed by atoms with E-state index in [-0.39, 0.29) is 5.78 Å². The Kier molecular flexibility index (Phi) is 5.12. The molecule has 0 aliphatic heterocycles. The maximum Gasteiger partial charge on any atom is 0.213 e. The standard InChI is InChI=1S/C16H18BrNO2/c1-3-5-12-11(6-4-7-15(12)19)10-14-13(17)8-9-16(18-14)20-2/h3,8-9H,1,4-7,10H2,2H3. The van der Waals surface area contributed by atoms with Crippen LogP contribution in [0.2, 0.25) is 0 Å². The smallest absolute Gasteiger partial charge is 0.213 e. The van der Waals surface area contributed by atoms with Gasteiger partial charge in [0.05, 0.1) is 12.8 Å². The Balaban J connectivity index is 2.33. The van der Waals surface area contributed by atoms with Crippen LogP contribution in [0, 0.1) is 0 Å². The number of nitrogens with zero attached hydrogens (tertiary/aromatic N) is 1. The molecular weight excluding hydrogens is 318 g/mol. The van der Waals surface area contributed by atoms with Crippen molar-refractivity contribution in [2.75, 3.05) is 7.11 Å². The minimum Gasteiger partial charge on any atom is -0.481 e. The molecule has 0 aromatic carbocycles. The van der Waals surface area contributed by atoms with Crippen LogP contribution in [-0.4, -0.2) is 17.9 Å². The average Bonchev–Trinajstić information content (AvgIpc) is 2.45. The van der Waals surface area contributed by atoms with Gasteiger partial charge in [0.1, 0.15) is 0 Å². The van der Waals surface area contributed by atoms with Gasteiger partial charge in [0.2, 0.25) is 5.88 Å². The van der Waals surface area contributed by atoms with Gasteiger partial charge in [-0.15, -0.1) is 6.58 Å². The van der Waals surface area contributed by atoms with Gasteiger partial charge in [-0.2, -0.15) is 0 Å². The van der Waals surface area contributed by atoms with Crippen LogP contribution in [0.15, 0.2) is 40.4 Å². The Bertz CT molecular complexity index is 564. The van der Waals surface area contributed by atoms with Crippen molar-refractivity contribution in [2.24, 2.45) is 0 Å². The molecule has 0 bridgehead atoms. The van der Waals surface area contributed by atoms with Gasteiger partial charge in [0.25, 0.3) is 0 Å². The number of aromatic nitrogens is 1. The summed E-state index contributed by atoms with van der Waals surface area (Å²) in [4.78, 5) is 16.5. The number of methoxy groups -OCH3 is 1. The summed E-state index contributed by atoms with van der Waals surface area (Å²) in [5.41, 5.74) is 3.01. The van der Waals surface area contributed by atoms with Crippen LogP contribution in [0.25, 0.3) is 0 Å². The van der Waals surface area contributed by atoms with Crippen LogP contribution in [-0.2, 0) is 11.2 Å². The van der Waals surface area contributed by atoms with E-state index >= 15 is 0 Å². The number of ether oxygens (including phenoxy) is 1. The summed E-state index contributed by atoms with van der Waals surface area (Å²) in [6, 6.07) is 3.75. The Morgan fingerprint density at radius 1 is 1.45 bits per heavy atom. The molecule has 0 atom stereocenters. The summed E-state index contributed by atoms with van der Waals surface area (Å²) < 4.78 is 6.11. The number of hydrogen-bond acceptors (Lipinski definition) is 3. The van der Waals surface area contributed by atoms with E-state index in [0.717, 1.165) is 28.6 Å². The first-order valence-corrected chi connectivity index (χ1v) is 7.49. The molecule has 1 aromatic heterocycles. The first kappa shape index (κ1) is 15.0. The Hall–Kier alpha value is -1.42. The maximum absolute atomic E-state index is 12.0. The predicted molar refractivity (Wildman–Crippen MR) is 82.9 cm³/mol. The molecule has 1 aliphatic rings. The van der Waals surface area contributed by atoms with Crippen molar-refractivity contribution in [1.29, 1.82) is 0 Å². The molecule has 0 spiro atoms. The van der Waals surface area contributed by atoms with Crippen molar-refractivity contribution in [3.8, 4) is 5.88 Å². The second-order valence-electron chi connectivity index (χ2n) is 4.81. The molecule has 0 amide bonds. The summed E-state index contributed by atoms with van der Waals surface area (Å²) in [7, 11) is 1.60. The highest BCUT2D eigenvalue weighted by Gasteiger charge is 2.20. The van der Waals surface area contributed by atoms with E-state index in [1.54, 1.807) is 13.2 Å². The van der Waals surface area contributed by atoms with Crippen LogP contribution < -0.4 is 4.74 Å². The van der Waals surface area contributed by atoms with E-state index in [9.17, 15) is 4.79 Å². The number of allylic oxidation sites excluding steroid dienone is 3. The van der Waals surface area contributed by atoms with E-state index in [1.807, 2.05) is 12.1 Å². The van der Waals surface area contributed by atoms with Gasteiger partial charge in [0, 0.05) is 23.4 Å². The van der Waals surface area contributed by atoms with Gasteiger partial charge in [-0.1, -0.05) is 11.6 Å². The molecule has 3 nitrogen and oxygen atoms in total. The molecule has 1 aliphatic carbocycles. The molecule has 0 fully saturated rings. The molecule has 2 rings (SSSR count). The lowest BCUT2D eigenvalue weighted by molar-refractivity contribution is -0.116. The normalized spacial score (nSPS) is 15.4. The first-order valence-electron chi connectivity index (χ1n) is 6.70. The van der Waals surface area contributed by atoms with Gasteiger partial charge in [-0.3, -0.25) is 4.79 Å². The number of halogens is 1. The minimum absolute atomic E-state index is 0.255. The molecule has 0 saturated heterocycles. The van der Waals surface area contributed by atoms with Crippen molar-refractivity contribution in [2.45, 2.75) is 32.1 Å². The fourth-order valence-electron chi connectivity index (χ4n) is 2.46. The lowest BCUT2D eigenvalue weighted by atomic mass is 9.86. The van der Waals surface area contributed by atoms with E-state index < -0.39 is 0 Å². The largest absolute Gasteiger partial charge is 0.481 e. The molecule has 4 heteroatoms. The van der Waals surface area contributed by atoms with Gasteiger partial charge < -0.3 is 4.74 Å². The third-order valence-electron chi connectivity index (χ3n) is 3.48. The zero-order chi connectivity index (χ0) is 14.5. The number of carbonyl (C=O) groups excluding carboxylic acids is 1.